The summed E-state index contributed by atoms with van der Waals surface area (Å²) in [6.45, 7) is 1.60. The van der Waals surface area contributed by atoms with Crippen LogP contribution in [0.2, 0.25) is 0 Å². The van der Waals surface area contributed by atoms with E-state index in [1.807, 2.05) is 23.2 Å². The lowest BCUT2D eigenvalue weighted by molar-refractivity contribution is 0.204. The van der Waals surface area contributed by atoms with Gasteiger partial charge in [0.15, 0.2) is 0 Å². The smallest absolute Gasteiger partial charge is 0.317 e. The molecule has 108 valence electrons. The number of carbonyl (C=O) groups excluding carboxylic acids is 1. The normalized spacial score (nSPS) is 23.0. The van der Waals surface area contributed by atoms with E-state index in [0.717, 1.165) is 38.0 Å². The van der Waals surface area contributed by atoms with Crippen LogP contribution in [0.15, 0.2) is 24.5 Å². The molecule has 1 aromatic heterocycles. The molecule has 1 saturated carbocycles. The molecule has 2 amide bonds. The van der Waals surface area contributed by atoms with E-state index in [4.69, 9.17) is 0 Å². The minimum absolute atomic E-state index is 0.104. The molecular formula is C15H22N4O. The fourth-order valence-electron chi connectivity index (χ4n) is 3.08. The molecule has 1 aliphatic carbocycles. The molecule has 1 aliphatic heterocycles. The molecule has 5 nitrogen and oxygen atoms in total. The Morgan fingerprint density at radius 2 is 2.10 bits per heavy atom. The predicted molar refractivity (Wildman–Crippen MR) is 78.6 cm³/mol. The second-order valence-electron chi connectivity index (χ2n) is 5.75. The van der Waals surface area contributed by atoms with Gasteiger partial charge in [0, 0.05) is 37.6 Å². The fraction of sp³-hybridized carbons (Fsp3) is 0.600. The first-order valence-electron chi connectivity index (χ1n) is 7.53. The Morgan fingerprint density at radius 3 is 2.85 bits per heavy atom. The van der Waals surface area contributed by atoms with Crippen LogP contribution >= 0.6 is 0 Å². The van der Waals surface area contributed by atoms with Crippen LogP contribution in [0, 0.1) is 0 Å². The van der Waals surface area contributed by atoms with Gasteiger partial charge in [0.2, 0.25) is 0 Å². The van der Waals surface area contributed by atoms with E-state index >= 15 is 0 Å². The summed E-state index contributed by atoms with van der Waals surface area (Å²) in [5.74, 6) is 0. The molecule has 2 aliphatic rings. The molecule has 0 bridgehead atoms. The first kappa shape index (κ1) is 13.2. The van der Waals surface area contributed by atoms with Crippen LogP contribution in [0.3, 0.4) is 0 Å². The number of likely N-dealkylation sites (tertiary alicyclic amines) is 1. The van der Waals surface area contributed by atoms with E-state index in [1.54, 1.807) is 6.20 Å². The Labute approximate surface area is 119 Å². The van der Waals surface area contributed by atoms with Crippen molar-refractivity contribution in [2.75, 3.05) is 18.4 Å². The van der Waals surface area contributed by atoms with E-state index in [2.05, 4.69) is 15.6 Å². The minimum atomic E-state index is 0.104. The first-order valence-corrected chi connectivity index (χ1v) is 7.53. The number of hydrogen-bond acceptors (Lipinski definition) is 3. The van der Waals surface area contributed by atoms with Crippen molar-refractivity contribution in [2.24, 2.45) is 0 Å². The summed E-state index contributed by atoms with van der Waals surface area (Å²) in [6, 6.07) is 4.75. The average molecular weight is 274 g/mol. The molecule has 1 unspecified atom stereocenters. The van der Waals surface area contributed by atoms with Crippen molar-refractivity contribution >= 4 is 11.7 Å². The van der Waals surface area contributed by atoms with Gasteiger partial charge in [-0.15, -0.1) is 0 Å². The summed E-state index contributed by atoms with van der Waals surface area (Å²) in [6.07, 6.45) is 9.34. The molecule has 5 heteroatoms. The zero-order chi connectivity index (χ0) is 13.8. The Morgan fingerprint density at radius 1 is 1.25 bits per heavy atom. The summed E-state index contributed by atoms with van der Waals surface area (Å²) in [4.78, 5) is 18.2. The Bertz CT molecular complexity index is 444. The van der Waals surface area contributed by atoms with Gasteiger partial charge >= 0.3 is 6.03 Å². The predicted octanol–water partition coefficient (Wildman–Crippen LogP) is 2.22. The molecule has 20 heavy (non-hydrogen) atoms. The zero-order valence-electron chi connectivity index (χ0n) is 11.7. The van der Waals surface area contributed by atoms with Gasteiger partial charge < -0.3 is 15.5 Å². The monoisotopic (exact) mass is 274 g/mol. The third-order valence-corrected chi connectivity index (χ3v) is 4.19. The standard InChI is InChI=1S/C15H22N4O/c20-15(18-12-4-1-2-5-12)19-9-7-14(11-19)17-13-6-3-8-16-10-13/h3,6,8,10,12,14,17H,1-2,4-5,7,9,11H2,(H,18,20). The van der Waals surface area contributed by atoms with Gasteiger partial charge in [-0.1, -0.05) is 12.8 Å². The number of anilines is 1. The highest BCUT2D eigenvalue weighted by Gasteiger charge is 2.28. The maximum atomic E-state index is 12.2. The molecule has 3 rings (SSSR count). The summed E-state index contributed by atoms with van der Waals surface area (Å²) in [5, 5.41) is 6.59. The lowest BCUT2D eigenvalue weighted by Crippen LogP contribution is -2.43. The van der Waals surface area contributed by atoms with Crippen molar-refractivity contribution in [1.29, 1.82) is 0 Å². The molecule has 0 radical (unpaired) electrons. The Hall–Kier alpha value is -1.78. The van der Waals surface area contributed by atoms with Crippen LogP contribution in [0.25, 0.3) is 0 Å². The van der Waals surface area contributed by atoms with Gasteiger partial charge in [-0.3, -0.25) is 4.98 Å². The third-order valence-electron chi connectivity index (χ3n) is 4.19. The summed E-state index contributed by atoms with van der Waals surface area (Å²) in [5.41, 5.74) is 1.02. The topological polar surface area (TPSA) is 57.3 Å². The molecule has 1 atom stereocenters. The highest BCUT2D eigenvalue weighted by molar-refractivity contribution is 5.75. The summed E-state index contributed by atoms with van der Waals surface area (Å²) < 4.78 is 0. The van der Waals surface area contributed by atoms with Gasteiger partial charge in [-0.2, -0.15) is 0 Å². The van der Waals surface area contributed by atoms with Gasteiger partial charge in [0.1, 0.15) is 0 Å². The number of carbonyl (C=O) groups is 1. The van der Waals surface area contributed by atoms with E-state index in [-0.39, 0.29) is 6.03 Å². The van der Waals surface area contributed by atoms with Crippen LogP contribution in [0.5, 0.6) is 0 Å². The number of nitrogens with zero attached hydrogens (tertiary/aromatic N) is 2. The van der Waals surface area contributed by atoms with E-state index in [9.17, 15) is 4.79 Å². The quantitative estimate of drug-likeness (QED) is 0.888. The SMILES string of the molecule is O=C(NC1CCCC1)N1CCC(Nc2cccnc2)C1. The van der Waals surface area contributed by atoms with Crippen LogP contribution in [0.1, 0.15) is 32.1 Å². The Kier molecular flexibility index (Phi) is 4.04. The number of rotatable bonds is 3. The molecule has 1 aromatic rings. The van der Waals surface area contributed by atoms with Crippen molar-refractivity contribution in [3.63, 3.8) is 0 Å². The third kappa shape index (κ3) is 3.21. The number of hydrogen-bond donors (Lipinski definition) is 2. The largest absolute Gasteiger partial charge is 0.379 e. The molecule has 2 N–H and O–H groups in total. The van der Waals surface area contributed by atoms with E-state index < -0.39 is 0 Å². The van der Waals surface area contributed by atoms with Crippen molar-refractivity contribution in [2.45, 2.75) is 44.2 Å². The molecule has 2 fully saturated rings. The summed E-state index contributed by atoms with van der Waals surface area (Å²) in [7, 11) is 0. The summed E-state index contributed by atoms with van der Waals surface area (Å²) >= 11 is 0. The van der Waals surface area contributed by atoms with Crippen LogP contribution in [-0.2, 0) is 0 Å². The van der Waals surface area contributed by atoms with E-state index in [0.29, 0.717) is 12.1 Å². The van der Waals surface area contributed by atoms with Crippen molar-refractivity contribution in [3.8, 4) is 0 Å². The molecule has 0 aromatic carbocycles. The van der Waals surface area contributed by atoms with Crippen LogP contribution in [0.4, 0.5) is 10.5 Å². The highest BCUT2D eigenvalue weighted by atomic mass is 16.2. The number of nitrogens with one attached hydrogen (secondary N) is 2. The van der Waals surface area contributed by atoms with Crippen molar-refractivity contribution in [1.82, 2.24) is 15.2 Å². The first-order chi connectivity index (χ1) is 9.81. The maximum absolute atomic E-state index is 12.2. The van der Waals surface area contributed by atoms with Crippen molar-refractivity contribution in [3.05, 3.63) is 24.5 Å². The number of aromatic nitrogens is 1. The average Bonchev–Trinajstić information content (AvgIpc) is 3.11. The number of pyridine rings is 1. The van der Waals surface area contributed by atoms with Gasteiger partial charge in [-0.25, -0.2) is 4.79 Å². The van der Waals surface area contributed by atoms with Crippen LogP contribution < -0.4 is 10.6 Å². The lowest BCUT2D eigenvalue weighted by atomic mass is 10.2. The fourth-order valence-corrected chi connectivity index (χ4v) is 3.08. The van der Waals surface area contributed by atoms with Gasteiger partial charge in [-0.05, 0) is 31.4 Å². The molecule has 2 heterocycles. The van der Waals surface area contributed by atoms with Gasteiger partial charge in [0.25, 0.3) is 0 Å². The molecule has 1 saturated heterocycles. The van der Waals surface area contributed by atoms with Gasteiger partial charge in [0.05, 0.1) is 5.69 Å². The van der Waals surface area contributed by atoms with E-state index in [1.165, 1.54) is 12.8 Å². The Balaban J connectivity index is 1.47. The second-order valence-corrected chi connectivity index (χ2v) is 5.75. The molecule has 0 spiro atoms. The second kappa shape index (κ2) is 6.11. The molecular weight excluding hydrogens is 252 g/mol. The number of urea groups is 1. The zero-order valence-corrected chi connectivity index (χ0v) is 11.7. The number of amides is 2. The van der Waals surface area contributed by atoms with Crippen LogP contribution in [-0.4, -0.2) is 41.1 Å². The highest BCUT2D eigenvalue weighted by Crippen LogP contribution is 2.19. The minimum Gasteiger partial charge on any atom is -0.379 e. The maximum Gasteiger partial charge on any atom is 0.317 e. The van der Waals surface area contributed by atoms with Crippen molar-refractivity contribution < 1.29 is 4.79 Å². The lowest BCUT2D eigenvalue weighted by Gasteiger charge is -2.21.